The van der Waals surface area contributed by atoms with Crippen LogP contribution >= 0.6 is 34.6 Å². The highest BCUT2D eigenvalue weighted by atomic mass is 32.2. The van der Waals surface area contributed by atoms with Gasteiger partial charge in [0.15, 0.2) is 0 Å². The molecule has 1 N–H and O–H groups in total. The van der Waals surface area contributed by atoms with Crippen molar-refractivity contribution in [2.45, 2.75) is 11.4 Å². The lowest BCUT2D eigenvalue weighted by molar-refractivity contribution is 0.518. The molecule has 0 aliphatic carbocycles. The average molecular weight is 282 g/mol. The summed E-state index contributed by atoms with van der Waals surface area (Å²) < 4.78 is 11.0. The molecule has 0 saturated heterocycles. The van der Waals surface area contributed by atoms with Crippen LogP contribution in [0.1, 0.15) is 5.76 Å². The standard InChI is InChI=1S/C11H10N2OS3/c1-15-8-6-16-10-9(8)13-17-11(10)12-5-7-3-2-4-14-7/h2-4,6,12H,5H2,1H3. The van der Waals surface area contributed by atoms with E-state index in [2.05, 4.69) is 21.3 Å². The summed E-state index contributed by atoms with van der Waals surface area (Å²) in [6, 6.07) is 3.86. The van der Waals surface area contributed by atoms with E-state index in [1.807, 2.05) is 12.1 Å². The zero-order chi connectivity index (χ0) is 11.7. The van der Waals surface area contributed by atoms with Crippen LogP contribution in [0.4, 0.5) is 5.00 Å². The molecule has 3 nitrogen and oxygen atoms in total. The second-order valence-electron chi connectivity index (χ2n) is 3.43. The van der Waals surface area contributed by atoms with E-state index in [0.29, 0.717) is 6.54 Å². The van der Waals surface area contributed by atoms with Gasteiger partial charge in [0.05, 0.1) is 17.5 Å². The Morgan fingerprint density at radius 2 is 2.47 bits per heavy atom. The molecule has 0 aromatic carbocycles. The maximum Gasteiger partial charge on any atom is 0.127 e. The summed E-state index contributed by atoms with van der Waals surface area (Å²) in [6.45, 7) is 0.705. The Hall–Kier alpha value is -0.980. The zero-order valence-corrected chi connectivity index (χ0v) is 11.5. The minimum atomic E-state index is 0.705. The summed E-state index contributed by atoms with van der Waals surface area (Å²) in [6.07, 6.45) is 3.77. The fraction of sp³-hybridized carbons (Fsp3) is 0.182. The number of fused-ring (bicyclic) bond motifs is 1. The van der Waals surface area contributed by atoms with E-state index >= 15 is 0 Å². The number of thiophene rings is 1. The topological polar surface area (TPSA) is 38.1 Å². The summed E-state index contributed by atoms with van der Waals surface area (Å²) in [5.74, 6) is 0.938. The van der Waals surface area contributed by atoms with E-state index in [0.717, 1.165) is 16.3 Å². The summed E-state index contributed by atoms with van der Waals surface area (Å²) >= 11 is 5.00. The van der Waals surface area contributed by atoms with Gasteiger partial charge in [-0.05, 0) is 29.9 Å². The van der Waals surface area contributed by atoms with Gasteiger partial charge in [-0.15, -0.1) is 23.1 Å². The Bertz CT molecular complexity index is 612. The van der Waals surface area contributed by atoms with Crippen molar-refractivity contribution in [1.82, 2.24) is 4.37 Å². The van der Waals surface area contributed by atoms with E-state index in [1.165, 1.54) is 21.1 Å². The predicted octanol–water partition coefficient (Wildman–Crippen LogP) is 4.28. The van der Waals surface area contributed by atoms with Gasteiger partial charge in [0, 0.05) is 10.3 Å². The molecule has 0 spiro atoms. The molecular weight excluding hydrogens is 272 g/mol. The monoisotopic (exact) mass is 282 g/mol. The molecule has 3 aromatic heterocycles. The molecule has 0 saturated carbocycles. The SMILES string of the molecule is CSc1csc2c(NCc3ccco3)snc12. The van der Waals surface area contributed by atoms with Gasteiger partial charge in [0.1, 0.15) is 16.3 Å². The van der Waals surface area contributed by atoms with Gasteiger partial charge < -0.3 is 9.73 Å². The number of nitrogens with zero attached hydrogens (tertiary/aromatic N) is 1. The Balaban J connectivity index is 1.83. The van der Waals surface area contributed by atoms with E-state index < -0.39 is 0 Å². The van der Waals surface area contributed by atoms with Gasteiger partial charge >= 0.3 is 0 Å². The van der Waals surface area contributed by atoms with Crippen LogP contribution in [0.3, 0.4) is 0 Å². The second kappa shape index (κ2) is 4.72. The van der Waals surface area contributed by atoms with Crippen molar-refractivity contribution in [2.75, 3.05) is 11.6 Å². The number of aromatic nitrogens is 1. The minimum absolute atomic E-state index is 0.705. The first-order valence-corrected chi connectivity index (χ1v) is 7.93. The molecule has 17 heavy (non-hydrogen) atoms. The molecule has 0 aliphatic heterocycles. The minimum Gasteiger partial charge on any atom is -0.467 e. The normalized spacial score (nSPS) is 11.1. The molecule has 3 heterocycles. The van der Waals surface area contributed by atoms with Crippen molar-refractivity contribution in [2.24, 2.45) is 0 Å². The molecule has 3 aromatic rings. The predicted molar refractivity (Wildman–Crippen MR) is 75.3 cm³/mol. The van der Waals surface area contributed by atoms with Crippen molar-refractivity contribution < 1.29 is 4.42 Å². The molecule has 0 radical (unpaired) electrons. The first kappa shape index (κ1) is 11.1. The first-order valence-electron chi connectivity index (χ1n) is 5.05. The molecule has 0 bridgehead atoms. The van der Waals surface area contributed by atoms with E-state index in [-0.39, 0.29) is 0 Å². The molecule has 0 atom stereocenters. The van der Waals surface area contributed by atoms with Gasteiger partial charge in [0.25, 0.3) is 0 Å². The van der Waals surface area contributed by atoms with Crippen LogP contribution in [0.2, 0.25) is 0 Å². The summed E-state index contributed by atoms with van der Waals surface area (Å²) in [4.78, 5) is 1.26. The lowest BCUT2D eigenvalue weighted by atomic mass is 10.4. The third kappa shape index (κ3) is 2.08. The van der Waals surface area contributed by atoms with Gasteiger partial charge in [-0.2, -0.15) is 4.37 Å². The molecule has 88 valence electrons. The Labute approximate surface area is 111 Å². The fourth-order valence-corrected chi connectivity index (χ4v) is 4.33. The highest BCUT2D eigenvalue weighted by molar-refractivity contribution is 7.99. The van der Waals surface area contributed by atoms with Gasteiger partial charge in [-0.25, -0.2) is 0 Å². The molecule has 0 amide bonds. The lowest BCUT2D eigenvalue weighted by Crippen LogP contribution is -1.95. The van der Waals surface area contributed by atoms with E-state index in [9.17, 15) is 0 Å². The summed E-state index contributed by atoms with van der Waals surface area (Å²) in [5, 5.41) is 6.66. The van der Waals surface area contributed by atoms with Crippen molar-refractivity contribution >= 4 is 49.8 Å². The smallest absolute Gasteiger partial charge is 0.127 e. The van der Waals surface area contributed by atoms with Crippen molar-refractivity contribution in [1.29, 1.82) is 0 Å². The maximum atomic E-state index is 5.29. The zero-order valence-electron chi connectivity index (χ0n) is 9.10. The average Bonchev–Trinajstić information content (AvgIpc) is 3.04. The maximum absolute atomic E-state index is 5.29. The Morgan fingerprint density at radius 1 is 1.53 bits per heavy atom. The van der Waals surface area contributed by atoms with Crippen LogP contribution < -0.4 is 5.32 Å². The van der Waals surface area contributed by atoms with Crippen molar-refractivity contribution in [3.05, 3.63) is 29.5 Å². The first-order chi connectivity index (χ1) is 8.38. The molecule has 0 unspecified atom stereocenters. The highest BCUT2D eigenvalue weighted by Crippen LogP contribution is 2.38. The molecular formula is C11H10N2OS3. The fourth-order valence-electron chi connectivity index (χ4n) is 1.55. The molecule has 0 aliphatic rings. The quantitative estimate of drug-likeness (QED) is 0.725. The number of furan rings is 1. The molecule has 0 fully saturated rings. The number of rotatable bonds is 4. The van der Waals surface area contributed by atoms with Crippen LogP contribution in [-0.2, 0) is 6.54 Å². The Kier molecular flexibility index (Phi) is 3.09. The second-order valence-corrected chi connectivity index (χ2v) is 5.93. The van der Waals surface area contributed by atoms with Gasteiger partial charge in [-0.1, -0.05) is 0 Å². The Morgan fingerprint density at radius 3 is 3.24 bits per heavy atom. The van der Waals surface area contributed by atoms with E-state index in [1.54, 1.807) is 29.4 Å². The number of nitrogens with one attached hydrogen (secondary N) is 1. The number of anilines is 1. The van der Waals surface area contributed by atoms with Crippen LogP contribution in [-0.4, -0.2) is 10.6 Å². The third-order valence-corrected chi connectivity index (χ3v) is 5.21. The lowest BCUT2D eigenvalue weighted by Gasteiger charge is -1.98. The van der Waals surface area contributed by atoms with Crippen molar-refractivity contribution in [3.8, 4) is 0 Å². The van der Waals surface area contributed by atoms with Gasteiger partial charge in [-0.3, -0.25) is 0 Å². The van der Waals surface area contributed by atoms with Gasteiger partial charge in [0.2, 0.25) is 0 Å². The van der Waals surface area contributed by atoms with Crippen LogP contribution in [0.25, 0.3) is 10.2 Å². The largest absolute Gasteiger partial charge is 0.467 e. The third-order valence-electron chi connectivity index (χ3n) is 2.39. The summed E-state index contributed by atoms with van der Waals surface area (Å²) in [7, 11) is 0. The van der Waals surface area contributed by atoms with Crippen LogP contribution in [0.15, 0.2) is 33.1 Å². The highest BCUT2D eigenvalue weighted by Gasteiger charge is 2.11. The van der Waals surface area contributed by atoms with Crippen LogP contribution in [0, 0.1) is 0 Å². The molecule has 6 heteroatoms. The van der Waals surface area contributed by atoms with Crippen molar-refractivity contribution in [3.63, 3.8) is 0 Å². The number of hydrogen-bond acceptors (Lipinski definition) is 6. The van der Waals surface area contributed by atoms with E-state index in [4.69, 9.17) is 4.42 Å². The number of thioether (sulfide) groups is 1. The molecule has 3 rings (SSSR count). The van der Waals surface area contributed by atoms with Crippen LogP contribution in [0.5, 0.6) is 0 Å². The summed E-state index contributed by atoms with van der Waals surface area (Å²) in [5.41, 5.74) is 1.12. The number of hydrogen-bond donors (Lipinski definition) is 1.